The summed E-state index contributed by atoms with van der Waals surface area (Å²) in [5, 5.41) is 32.3. The summed E-state index contributed by atoms with van der Waals surface area (Å²) < 4.78 is 0. The van der Waals surface area contributed by atoms with Crippen LogP contribution in [-0.2, 0) is 9.59 Å². The van der Waals surface area contributed by atoms with Gasteiger partial charge in [-0.3, -0.25) is 9.59 Å². The molecule has 0 saturated heterocycles. The van der Waals surface area contributed by atoms with Crippen molar-refractivity contribution in [1.82, 2.24) is 0 Å². The van der Waals surface area contributed by atoms with Crippen molar-refractivity contribution in [2.24, 2.45) is 39.4 Å². The van der Waals surface area contributed by atoms with E-state index in [-0.39, 0.29) is 45.2 Å². The highest BCUT2D eigenvalue weighted by molar-refractivity contribution is 6.00. The number of ketones is 2. The van der Waals surface area contributed by atoms with Gasteiger partial charge in [-0.05, 0) is 86.5 Å². The molecule has 8 unspecified atom stereocenters. The van der Waals surface area contributed by atoms with Gasteiger partial charge in [0.1, 0.15) is 5.78 Å². The molecular weight excluding hydrogens is 440 g/mol. The first-order chi connectivity index (χ1) is 15.9. The maximum absolute atomic E-state index is 13.6. The molecule has 3 saturated carbocycles. The van der Waals surface area contributed by atoms with Gasteiger partial charge in [0.05, 0.1) is 17.8 Å². The van der Waals surface area contributed by atoms with Crippen molar-refractivity contribution >= 4 is 11.6 Å². The van der Waals surface area contributed by atoms with E-state index in [2.05, 4.69) is 41.5 Å². The predicted molar refractivity (Wildman–Crippen MR) is 137 cm³/mol. The molecule has 4 rings (SSSR count). The topological polar surface area (TPSA) is 94.8 Å². The van der Waals surface area contributed by atoms with Gasteiger partial charge in [0, 0.05) is 23.7 Å². The highest BCUT2D eigenvalue weighted by atomic mass is 16.3. The van der Waals surface area contributed by atoms with Gasteiger partial charge in [0.2, 0.25) is 0 Å². The second kappa shape index (κ2) is 8.23. The van der Waals surface area contributed by atoms with Crippen molar-refractivity contribution in [2.75, 3.05) is 0 Å². The molecule has 0 aromatic rings. The molecule has 3 fully saturated rings. The summed E-state index contributed by atoms with van der Waals surface area (Å²) in [4.78, 5) is 26.4. The predicted octanol–water partition coefficient (Wildman–Crippen LogP) is 5.00. The summed E-state index contributed by atoms with van der Waals surface area (Å²) in [5.74, 6) is 0.808. The number of Topliss-reactive ketones (excluding diaryl/α,β-unsaturated/α-hetero) is 2. The van der Waals surface area contributed by atoms with Crippen LogP contribution in [0.2, 0.25) is 0 Å². The minimum Gasteiger partial charge on any atom is -0.392 e. The van der Waals surface area contributed by atoms with E-state index in [1.54, 1.807) is 13.8 Å². The Morgan fingerprint density at radius 1 is 1.06 bits per heavy atom. The molecule has 0 radical (unpaired) electrons. The number of aliphatic hydroxyl groups excluding tert-OH is 2. The number of carbonyl (C=O) groups excluding carboxylic acids is 2. The van der Waals surface area contributed by atoms with E-state index in [0.717, 1.165) is 30.4 Å². The Kier molecular flexibility index (Phi) is 6.35. The zero-order valence-corrected chi connectivity index (χ0v) is 23.2. The molecule has 0 heterocycles. The lowest BCUT2D eigenvalue weighted by molar-refractivity contribution is -0.208. The minimum atomic E-state index is -1.17. The molecule has 4 aliphatic rings. The quantitative estimate of drug-likeness (QED) is 0.506. The van der Waals surface area contributed by atoms with Crippen LogP contribution in [0.3, 0.4) is 0 Å². The lowest BCUT2D eigenvalue weighted by atomic mass is 9.36. The molecule has 198 valence electrons. The van der Waals surface area contributed by atoms with Crippen molar-refractivity contribution in [1.29, 1.82) is 0 Å². The van der Waals surface area contributed by atoms with Crippen LogP contribution >= 0.6 is 0 Å². The Morgan fingerprint density at radius 2 is 1.69 bits per heavy atom. The van der Waals surface area contributed by atoms with Crippen molar-refractivity contribution in [3.8, 4) is 0 Å². The third kappa shape index (κ3) is 3.74. The van der Waals surface area contributed by atoms with Gasteiger partial charge in [0.25, 0.3) is 0 Å². The van der Waals surface area contributed by atoms with Crippen molar-refractivity contribution in [3.63, 3.8) is 0 Å². The molecule has 0 aliphatic heterocycles. The summed E-state index contributed by atoms with van der Waals surface area (Å²) in [7, 11) is 0. The Hall–Kier alpha value is -1.04. The zero-order valence-electron chi connectivity index (χ0n) is 23.2. The molecule has 0 aromatic heterocycles. The standard InChI is InChI=1S/C30H48O5/c1-17(9-10-23(34)27(4,5)35)24-18-15-19(31)25-28(6)13-12-22(33)26(2,3)21(28)11-14-29(25,7)30(18,8)16-20(24)32/h17,19,21,23,25,31,34-35H,9-16H2,1-8H3. The van der Waals surface area contributed by atoms with Gasteiger partial charge in [-0.25, -0.2) is 0 Å². The monoisotopic (exact) mass is 488 g/mol. The fourth-order valence-electron chi connectivity index (χ4n) is 9.45. The Bertz CT molecular complexity index is 941. The molecule has 8 atom stereocenters. The van der Waals surface area contributed by atoms with Gasteiger partial charge >= 0.3 is 0 Å². The fourth-order valence-corrected chi connectivity index (χ4v) is 9.45. The van der Waals surface area contributed by atoms with Gasteiger partial charge in [-0.15, -0.1) is 0 Å². The van der Waals surface area contributed by atoms with Gasteiger partial charge in [0.15, 0.2) is 5.78 Å². The van der Waals surface area contributed by atoms with E-state index in [9.17, 15) is 24.9 Å². The number of hydrogen-bond donors (Lipinski definition) is 3. The van der Waals surface area contributed by atoms with E-state index in [1.165, 1.54) is 0 Å². The SMILES string of the molecule is CC(CCC(O)C(C)(C)O)C1=C2CC(O)C3C4(C)CCC(=O)C(C)(C)C4CCC3(C)C2(C)CC1=O. The van der Waals surface area contributed by atoms with E-state index < -0.39 is 17.8 Å². The lowest BCUT2D eigenvalue weighted by Crippen LogP contribution is -2.65. The largest absolute Gasteiger partial charge is 0.392 e. The molecule has 5 heteroatoms. The molecule has 0 aromatic carbocycles. The van der Waals surface area contributed by atoms with Crippen LogP contribution < -0.4 is 0 Å². The van der Waals surface area contributed by atoms with E-state index in [1.807, 2.05) is 0 Å². The lowest BCUT2D eigenvalue weighted by Gasteiger charge is -2.68. The van der Waals surface area contributed by atoms with Crippen LogP contribution in [0.15, 0.2) is 11.1 Å². The fraction of sp³-hybridized carbons (Fsp3) is 0.867. The van der Waals surface area contributed by atoms with Gasteiger partial charge < -0.3 is 15.3 Å². The molecular formula is C30H48O5. The van der Waals surface area contributed by atoms with E-state index in [0.29, 0.717) is 37.9 Å². The Labute approximate surface area is 211 Å². The second-order valence-electron chi connectivity index (χ2n) is 14.4. The smallest absolute Gasteiger partial charge is 0.159 e. The molecule has 0 amide bonds. The third-order valence-electron chi connectivity index (χ3n) is 11.7. The molecule has 3 N–H and O–H groups in total. The van der Waals surface area contributed by atoms with Crippen LogP contribution in [-0.4, -0.2) is 44.7 Å². The average Bonchev–Trinajstić information content (AvgIpc) is 2.99. The van der Waals surface area contributed by atoms with Crippen LogP contribution in [0.5, 0.6) is 0 Å². The normalized spacial score (nSPS) is 42.9. The van der Waals surface area contributed by atoms with Crippen LogP contribution in [0.4, 0.5) is 0 Å². The Balaban J connectivity index is 1.71. The van der Waals surface area contributed by atoms with Crippen LogP contribution in [0.1, 0.15) is 107 Å². The molecule has 5 nitrogen and oxygen atoms in total. The number of aliphatic hydroxyl groups is 3. The number of carbonyl (C=O) groups is 2. The minimum absolute atomic E-state index is 0.0261. The maximum Gasteiger partial charge on any atom is 0.159 e. The summed E-state index contributed by atoms with van der Waals surface area (Å²) in [6, 6.07) is 0. The first-order valence-corrected chi connectivity index (χ1v) is 13.8. The van der Waals surface area contributed by atoms with Crippen LogP contribution in [0, 0.1) is 39.4 Å². The summed E-state index contributed by atoms with van der Waals surface area (Å²) >= 11 is 0. The first kappa shape index (κ1) is 27.0. The number of fused-ring (bicyclic) bond motifs is 5. The van der Waals surface area contributed by atoms with E-state index in [4.69, 9.17) is 0 Å². The van der Waals surface area contributed by atoms with Gasteiger partial charge in [-0.2, -0.15) is 0 Å². The molecule has 0 bridgehead atoms. The summed E-state index contributed by atoms with van der Waals surface area (Å²) in [5.41, 5.74) is -0.203. The third-order valence-corrected chi connectivity index (χ3v) is 11.7. The first-order valence-electron chi connectivity index (χ1n) is 13.8. The highest BCUT2D eigenvalue weighted by Gasteiger charge is 2.70. The molecule has 0 spiro atoms. The molecule has 35 heavy (non-hydrogen) atoms. The van der Waals surface area contributed by atoms with Crippen molar-refractivity contribution in [2.45, 2.75) is 125 Å². The number of hydrogen-bond acceptors (Lipinski definition) is 5. The van der Waals surface area contributed by atoms with Crippen molar-refractivity contribution in [3.05, 3.63) is 11.1 Å². The second-order valence-corrected chi connectivity index (χ2v) is 14.4. The van der Waals surface area contributed by atoms with Crippen LogP contribution in [0.25, 0.3) is 0 Å². The number of rotatable bonds is 5. The summed E-state index contributed by atoms with van der Waals surface area (Å²) in [6.07, 6.45) is 3.94. The zero-order chi connectivity index (χ0) is 26.4. The van der Waals surface area contributed by atoms with E-state index >= 15 is 0 Å². The highest BCUT2D eigenvalue weighted by Crippen LogP contribution is 2.73. The Morgan fingerprint density at radius 3 is 2.29 bits per heavy atom. The summed E-state index contributed by atoms with van der Waals surface area (Å²) in [6.45, 7) is 16.4. The molecule has 4 aliphatic carbocycles. The maximum atomic E-state index is 13.6. The number of allylic oxidation sites excluding steroid dienone is 1. The van der Waals surface area contributed by atoms with Gasteiger partial charge in [-0.1, -0.05) is 47.1 Å². The average molecular weight is 489 g/mol. The van der Waals surface area contributed by atoms with Crippen molar-refractivity contribution < 1.29 is 24.9 Å².